The second-order valence-corrected chi connectivity index (χ2v) is 3.41. The van der Waals surface area contributed by atoms with Crippen LogP contribution in [-0.2, 0) is 19.3 Å². The summed E-state index contributed by atoms with van der Waals surface area (Å²) >= 11 is 0. The van der Waals surface area contributed by atoms with Gasteiger partial charge in [0.25, 0.3) is 0 Å². The van der Waals surface area contributed by atoms with Crippen LogP contribution in [0.15, 0.2) is 6.08 Å². The second-order valence-electron chi connectivity index (χ2n) is 3.41. The fraction of sp³-hybridized carbons (Fsp3) is 0.400. The number of aromatic nitrogens is 2. The van der Waals surface area contributed by atoms with Gasteiger partial charge >= 0.3 is 0 Å². The fourth-order valence-corrected chi connectivity index (χ4v) is 1.95. The Labute approximate surface area is 71.4 Å². The van der Waals surface area contributed by atoms with Gasteiger partial charge in [-0.1, -0.05) is 6.08 Å². The van der Waals surface area contributed by atoms with Gasteiger partial charge in [0.2, 0.25) is 0 Å². The van der Waals surface area contributed by atoms with Gasteiger partial charge in [0, 0.05) is 6.42 Å². The zero-order valence-electron chi connectivity index (χ0n) is 6.88. The molecule has 0 saturated heterocycles. The summed E-state index contributed by atoms with van der Waals surface area (Å²) in [5.74, 6) is 0. The van der Waals surface area contributed by atoms with Crippen LogP contribution in [0.2, 0.25) is 0 Å². The molecule has 0 spiro atoms. The molecule has 0 unspecified atom stereocenters. The zero-order chi connectivity index (χ0) is 7.97. The van der Waals surface area contributed by atoms with Crippen LogP contribution in [0.5, 0.6) is 0 Å². The lowest BCUT2D eigenvalue weighted by Crippen LogP contribution is -1.99. The summed E-state index contributed by atoms with van der Waals surface area (Å²) in [6.07, 6.45) is 8.71. The smallest absolute Gasteiger partial charge is 0.0848 e. The predicted molar refractivity (Wildman–Crippen MR) is 46.8 cm³/mol. The van der Waals surface area contributed by atoms with Crippen molar-refractivity contribution >= 4 is 6.08 Å². The van der Waals surface area contributed by atoms with Crippen LogP contribution < -0.4 is 0 Å². The summed E-state index contributed by atoms with van der Waals surface area (Å²) in [6.45, 7) is 0. The third kappa shape index (κ3) is 0.750. The molecule has 0 atom stereocenters. The van der Waals surface area contributed by atoms with E-state index in [2.05, 4.69) is 22.1 Å². The predicted octanol–water partition coefficient (Wildman–Crippen LogP) is 1.53. The van der Waals surface area contributed by atoms with Crippen LogP contribution in [0.3, 0.4) is 0 Å². The minimum atomic E-state index is 0.982. The first-order valence-electron chi connectivity index (χ1n) is 4.49. The Morgan fingerprint density at radius 3 is 2.75 bits per heavy atom. The lowest BCUT2D eigenvalue weighted by molar-refractivity contribution is 0.892. The van der Waals surface area contributed by atoms with Crippen molar-refractivity contribution < 1.29 is 0 Å². The van der Waals surface area contributed by atoms with E-state index >= 15 is 0 Å². The fourth-order valence-electron chi connectivity index (χ4n) is 1.95. The molecular formula is C10H10N2. The quantitative estimate of drug-likeness (QED) is 0.572. The average Bonchev–Trinajstić information content (AvgIpc) is 2.64. The highest BCUT2D eigenvalue weighted by molar-refractivity contribution is 5.54. The molecule has 2 nitrogen and oxygen atoms in total. The lowest BCUT2D eigenvalue weighted by atomic mass is 10.3. The summed E-state index contributed by atoms with van der Waals surface area (Å²) in [7, 11) is 0. The molecule has 60 valence electrons. The molecule has 2 aliphatic carbocycles. The molecule has 0 fully saturated rings. The highest BCUT2D eigenvalue weighted by atomic mass is 14.9. The van der Waals surface area contributed by atoms with Crippen LogP contribution in [0.25, 0.3) is 6.08 Å². The molecule has 1 aromatic heterocycles. The first-order chi connectivity index (χ1) is 5.93. The van der Waals surface area contributed by atoms with Crippen molar-refractivity contribution in [2.24, 2.45) is 0 Å². The van der Waals surface area contributed by atoms with E-state index < -0.39 is 0 Å². The summed E-state index contributed by atoms with van der Waals surface area (Å²) in [5, 5.41) is 0. The minimum Gasteiger partial charge on any atom is -0.253 e. The maximum Gasteiger partial charge on any atom is 0.0848 e. The SMILES string of the molecule is C1=Cc2nc3c(nc2C1)CCC3. The van der Waals surface area contributed by atoms with E-state index in [1.807, 2.05) is 0 Å². The van der Waals surface area contributed by atoms with Gasteiger partial charge in [-0.2, -0.15) is 0 Å². The van der Waals surface area contributed by atoms with E-state index in [0.29, 0.717) is 0 Å². The van der Waals surface area contributed by atoms with Crippen molar-refractivity contribution in [3.05, 3.63) is 28.9 Å². The van der Waals surface area contributed by atoms with Crippen LogP contribution in [0, 0.1) is 0 Å². The van der Waals surface area contributed by atoms with Crippen molar-refractivity contribution in [1.29, 1.82) is 0 Å². The van der Waals surface area contributed by atoms with Gasteiger partial charge in [0.1, 0.15) is 0 Å². The van der Waals surface area contributed by atoms with Crippen molar-refractivity contribution in [2.75, 3.05) is 0 Å². The minimum absolute atomic E-state index is 0.982. The number of rotatable bonds is 0. The molecule has 2 aliphatic rings. The zero-order valence-corrected chi connectivity index (χ0v) is 6.88. The van der Waals surface area contributed by atoms with Gasteiger partial charge in [0.05, 0.1) is 22.8 Å². The van der Waals surface area contributed by atoms with E-state index in [-0.39, 0.29) is 0 Å². The summed E-state index contributed by atoms with van der Waals surface area (Å²) in [4.78, 5) is 9.19. The van der Waals surface area contributed by atoms with Crippen LogP contribution in [0.1, 0.15) is 29.2 Å². The normalized spacial score (nSPS) is 18.0. The number of nitrogens with zero attached hydrogens (tertiary/aromatic N) is 2. The highest BCUT2D eigenvalue weighted by Crippen LogP contribution is 2.23. The maximum absolute atomic E-state index is 4.61. The number of allylic oxidation sites excluding steroid dienone is 1. The summed E-state index contributed by atoms with van der Waals surface area (Å²) in [5.41, 5.74) is 4.77. The number of fused-ring (bicyclic) bond motifs is 2. The first-order valence-corrected chi connectivity index (χ1v) is 4.49. The van der Waals surface area contributed by atoms with Crippen LogP contribution in [-0.4, -0.2) is 9.97 Å². The molecule has 0 N–H and O–H groups in total. The Balaban J connectivity index is 2.23. The van der Waals surface area contributed by atoms with E-state index in [1.165, 1.54) is 23.5 Å². The molecule has 0 bridgehead atoms. The number of aryl methyl sites for hydroxylation is 2. The Hall–Kier alpha value is -1.18. The molecule has 0 saturated carbocycles. The lowest BCUT2D eigenvalue weighted by Gasteiger charge is -2.01. The number of hydrogen-bond acceptors (Lipinski definition) is 2. The van der Waals surface area contributed by atoms with Crippen LogP contribution >= 0.6 is 0 Å². The molecule has 0 amide bonds. The molecule has 1 heterocycles. The Morgan fingerprint density at radius 1 is 1.00 bits per heavy atom. The van der Waals surface area contributed by atoms with E-state index in [1.54, 1.807) is 0 Å². The van der Waals surface area contributed by atoms with Gasteiger partial charge in [-0.25, -0.2) is 4.98 Å². The van der Waals surface area contributed by atoms with Gasteiger partial charge in [-0.3, -0.25) is 4.98 Å². The largest absolute Gasteiger partial charge is 0.253 e. The first kappa shape index (κ1) is 6.35. The molecule has 1 aromatic rings. The molecule has 0 aliphatic heterocycles. The van der Waals surface area contributed by atoms with Crippen LogP contribution in [0.4, 0.5) is 0 Å². The second kappa shape index (κ2) is 2.16. The van der Waals surface area contributed by atoms with Crippen molar-refractivity contribution in [2.45, 2.75) is 25.7 Å². The third-order valence-electron chi connectivity index (χ3n) is 2.57. The van der Waals surface area contributed by atoms with Gasteiger partial charge in [-0.15, -0.1) is 0 Å². The van der Waals surface area contributed by atoms with Crippen molar-refractivity contribution in [3.8, 4) is 0 Å². The summed E-state index contributed by atoms with van der Waals surface area (Å²) < 4.78 is 0. The topological polar surface area (TPSA) is 25.8 Å². The molecule has 2 heteroatoms. The van der Waals surface area contributed by atoms with Gasteiger partial charge in [-0.05, 0) is 25.3 Å². The highest BCUT2D eigenvalue weighted by Gasteiger charge is 2.17. The molecule has 12 heavy (non-hydrogen) atoms. The Morgan fingerprint density at radius 2 is 1.83 bits per heavy atom. The Kier molecular flexibility index (Phi) is 1.14. The average molecular weight is 158 g/mol. The van der Waals surface area contributed by atoms with E-state index in [4.69, 9.17) is 0 Å². The van der Waals surface area contributed by atoms with Gasteiger partial charge in [0.15, 0.2) is 0 Å². The monoisotopic (exact) mass is 158 g/mol. The summed E-state index contributed by atoms with van der Waals surface area (Å²) in [6, 6.07) is 0. The molecule has 0 aromatic carbocycles. The van der Waals surface area contributed by atoms with Crippen molar-refractivity contribution in [3.63, 3.8) is 0 Å². The standard InChI is InChI=1S/C10H10N2/c1-3-7-8(4-1)12-10-6-2-5-9(10)11-7/h1,3H,2,4-6H2. The number of hydrogen-bond donors (Lipinski definition) is 0. The van der Waals surface area contributed by atoms with Crippen molar-refractivity contribution in [1.82, 2.24) is 9.97 Å². The van der Waals surface area contributed by atoms with Gasteiger partial charge < -0.3 is 0 Å². The van der Waals surface area contributed by atoms with E-state index in [9.17, 15) is 0 Å². The van der Waals surface area contributed by atoms with E-state index in [0.717, 1.165) is 25.0 Å². The third-order valence-corrected chi connectivity index (χ3v) is 2.57. The molecule has 0 radical (unpaired) electrons. The Bertz CT molecular complexity index is 366. The molecule has 3 rings (SSSR count). The maximum atomic E-state index is 4.61. The molecular weight excluding hydrogens is 148 g/mol.